The second-order valence-corrected chi connectivity index (χ2v) is 6.63. The third-order valence-corrected chi connectivity index (χ3v) is 4.49. The molecule has 2 aromatic rings. The van der Waals surface area contributed by atoms with Gasteiger partial charge in [-0.15, -0.1) is 10.2 Å². The molecule has 0 saturated carbocycles. The van der Waals surface area contributed by atoms with Gasteiger partial charge in [-0.05, 0) is 0 Å². The number of aliphatic hydroxyl groups excluding tert-OH is 4. The third-order valence-electron chi connectivity index (χ3n) is 4.49. The SMILES string of the molecule is NC(N)=NCc1cn([C@H]2C(OCCn3cc(CO)nn3)OC(CO)[C@@H](O)[C@@H]2O)nn1. The first-order valence-electron chi connectivity index (χ1n) is 9.13. The molecule has 1 aliphatic rings. The van der Waals surface area contributed by atoms with E-state index in [1.807, 2.05) is 0 Å². The molecule has 3 heterocycles. The summed E-state index contributed by atoms with van der Waals surface area (Å²) in [7, 11) is 0. The fraction of sp³-hybridized carbons (Fsp3) is 0.667. The van der Waals surface area contributed by atoms with Crippen molar-refractivity contribution in [2.24, 2.45) is 16.5 Å². The van der Waals surface area contributed by atoms with Gasteiger partial charge in [0.25, 0.3) is 0 Å². The molecular formula is C15H25N9O6. The molecule has 2 aromatic heterocycles. The molecule has 2 unspecified atom stereocenters. The van der Waals surface area contributed by atoms with Gasteiger partial charge in [0.1, 0.15) is 35.7 Å². The Bertz CT molecular complexity index is 838. The third kappa shape index (κ3) is 5.07. The Balaban J connectivity index is 1.72. The van der Waals surface area contributed by atoms with Crippen LogP contribution in [0.2, 0.25) is 0 Å². The van der Waals surface area contributed by atoms with Gasteiger partial charge in [-0.3, -0.25) is 0 Å². The summed E-state index contributed by atoms with van der Waals surface area (Å²) >= 11 is 0. The quantitative estimate of drug-likeness (QED) is 0.165. The summed E-state index contributed by atoms with van der Waals surface area (Å²) in [5, 5.41) is 54.8. The molecule has 0 aromatic carbocycles. The second-order valence-electron chi connectivity index (χ2n) is 6.63. The Hall–Kier alpha value is -2.69. The van der Waals surface area contributed by atoms with E-state index in [4.69, 9.17) is 26.0 Å². The summed E-state index contributed by atoms with van der Waals surface area (Å²) in [6, 6.07) is -0.952. The Morgan fingerprint density at radius 1 is 1.13 bits per heavy atom. The highest BCUT2D eigenvalue weighted by Crippen LogP contribution is 2.30. The number of guanidine groups is 1. The molecule has 0 aliphatic carbocycles. The average Bonchev–Trinajstić information content (AvgIpc) is 3.38. The zero-order valence-corrected chi connectivity index (χ0v) is 16.0. The van der Waals surface area contributed by atoms with Crippen LogP contribution < -0.4 is 11.5 Å². The first-order chi connectivity index (χ1) is 14.4. The van der Waals surface area contributed by atoms with Crippen LogP contribution in [0.3, 0.4) is 0 Å². The standard InChI is InChI=1S/C15H25N9O6/c16-15(17)18-3-8-5-24(22-19-8)11-13(28)12(27)10(7-26)30-14(11)29-2-1-23-4-9(6-25)20-21-23/h4-5,10-14,25-28H,1-3,6-7H2,(H4,16,17,18)/t10?,11-,12-,13-,14?/m1/s1. The Labute approximate surface area is 170 Å². The van der Waals surface area contributed by atoms with E-state index in [0.29, 0.717) is 11.4 Å². The maximum absolute atomic E-state index is 10.6. The van der Waals surface area contributed by atoms with Crippen LogP contribution in [-0.2, 0) is 29.2 Å². The summed E-state index contributed by atoms with van der Waals surface area (Å²) < 4.78 is 14.1. The maximum Gasteiger partial charge on any atom is 0.186 e. The van der Waals surface area contributed by atoms with Crippen LogP contribution in [-0.4, -0.2) is 94.2 Å². The van der Waals surface area contributed by atoms with E-state index in [2.05, 4.69) is 25.6 Å². The molecular weight excluding hydrogens is 402 g/mol. The van der Waals surface area contributed by atoms with E-state index in [9.17, 15) is 15.3 Å². The van der Waals surface area contributed by atoms with Gasteiger partial charge < -0.3 is 41.4 Å². The van der Waals surface area contributed by atoms with E-state index >= 15 is 0 Å². The van der Waals surface area contributed by atoms with Crippen molar-refractivity contribution < 1.29 is 29.9 Å². The lowest BCUT2D eigenvalue weighted by atomic mass is 9.97. The van der Waals surface area contributed by atoms with Gasteiger partial charge in [0, 0.05) is 0 Å². The van der Waals surface area contributed by atoms with E-state index in [-0.39, 0.29) is 32.3 Å². The van der Waals surface area contributed by atoms with Crippen molar-refractivity contribution in [3.63, 3.8) is 0 Å². The monoisotopic (exact) mass is 427 g/mol. The Morgan fingerprint density at radius 2 is 1.90 bits per heavy atom. The van der Waals surface area contributed by atoms with E-state index < -0.39 is 37.3 Å². The van der Waals surface area contributed by atoms with Crippen molar-refractivity contribution in [2.45, 2.75) is 50.3 Å². The van der Waals surface area contributed by atoms with Crippen molar-refractivity contribution in [2.75, 3.05) is 13.2 Å². The summed E-state index contributed by atoms with van der Waals surface area (Å²) in [4.78, 5) is 3.84. The Morgan fingerprint density at radius 3 is 2.57 bits per heavy atom. The highest BCUT2D eigenvalue weighted by molar-refractivity contribution is 5.75. The van der Waals surface area contributed by atoms with Crippen molar-refractivity contribution in [3.8, 4) is 0 Å². The predicted octanol–water partition coefficient (Wildman–Crippen LogP) is -4.17. The van der Waals surface area contributed by atoms with Gasteiger partial charge in [-0.2, -0.15) is 0 Å². The fourth-order valence-corrected chi connectivity index (χ4v) is 2.97. The van der Waals surface area contributed by atoms with Gasteiger partial charge >= 0.3 is 0 Å². The van der Waals surface area contributed by atoms with Crippen molar-refractivity contribution in [1.29, 1.82) is 0 Å². The molecule has 3 rings (SSSR count). The predicted molar refractivity (Wildman–Crippen MR) is 98.2 cm³/mol. The van der Waals surface area contributed by atoms with Crippen LogP contribution in [0.25, 0.3) is 0 Å². The lowest BCUT2D eigenvalue weighted by Gasteiger charge is -2.41. The zero-order valence-electron chi connectivity index (χ0n) is 16.0. The number of aliphatic hydroxyl groups is 4. The highest BCUT2D eigenvalue weighted by Gasteiger charge is 2.46. The summed E-state index contributed by atoms with van der Waals surface area (Å²) in [6.45, 7) is -0.272. The van der Waals surface area contributed by atoms with Gasteiger partial charge in [-0.25, -0.2) is 14.4 Å². The molecule has 1 saturated heterocycles. The summed E-state index contributed by atoms with van der Waals surface area (Å²) in [5.74, 6) is -0.106. The van der Waals surface area contributed by atoms with Gasteiger partial charge in [0.2, 0.25) is 0 Å². The molecule has 15 nitrogen and oxygen atoms in total. The van der Waals surface area contributed by atoms with Gasteiger partial charge in [-0.1, -0.05) is 10.4 Å². The number of rotatable bonds is 9. The molecule has 8 N–H and O–H groups in total. The molecule has 5 atom stereocenters. The number of hydrogen-bond donors (Lipinski definition) is 6. The van der Waals surface area contributed by atoms with Crippen LogP contribution >= 0.6 is 0 Å². The first kappa shape index (κ1) is 22.0. The largest absolute Gasteiger partial charge is 0.394 e. The zero-order chi connectivity index (χ0) is 21.7. The molecule has 166 valence electrons. The smallest absolute Gasteiger partial charge is 0.186 e. The number of nitrogens with zero attached hydrogens (tertiary/aromatic N) is 7. The number of hydrogen-bond acceptors (Lipinski definition) is 11. The topological polar surface area (TPSA) is 225 Å². The van der Waals surface area contributed by atoms with Crippen LogP contribution in [0.5, 0.6) is 0 Å². The van der Waals surface area contributed by atoms with E-state index in [1.54, 1.807) is 6.20 Å². The van der Waals surface area contributed by atoms with Crippen molar-refractivity contribution in [1.82, 2.24) is 30.0 Å². The van der Waals surface area contributed by atoms with E-state index in [1.165, 1.54) is 15.6 Å². The number of nitrogens with two attached hydrogens (primary N) is 2. The summed E-state index contributed by atoms with van der Waals surface area (Å²) in [5.41, 5.74) is 11.5. The summed E-state index contributed by atoms with van der Waals surface area (Å²) in [6.07, 6.45) is -1.77. The number of aliphatic imine (C=N–C) groups is 1. The van der Waals surface area contributed by atoms with E-state index in [0.717, 1.165) is 0 Å². The minimum atomic E-state index is -1.37. The lowest BCUT2D eigenvalue weighted by molar-refractivity contribution is -0.282. The molecule has 0 amide bonds. The molecule has 1 aliphatic heterocycles. The second kappa shape index (κ2) is 9.88. The number of aromatic nitrogens is 6. The molecule has 30 heavy (non-hydrogen) atoms. The van der Waals surface area contributed by atoms with Crippen LogP contribution in [0, 0.1) is 0 Å². The molecule has 0 radical (unpaired) electrons. The van der Waals surface area contributed by atoms with Gasteiger partial charge in [0.05, 0.1) is 45.3 Å². The normalized spacial score (nSPS) is 26.6. The van der Waals surface area contributed by atoms with Crippen LogP contribution in [0.1, 0.15) is 17.4 Å². The number of ether oxygens (including phenoxy) is 2. The minimum Gasteiger partial charge on any atom is -0.394 e. The maximum atomic E-state index is 10.6. The minimum absolute atomic E-state index is 0.0822. The molecule has 0 spiro atoms. The average molecular weight is 427 g/mol. The van der Waals surface area contributed by atoms with Crippen molar-refractivity contribution >= 4 is 5.96 Å². The first-order valence-corrected chi connectivity index (χ1v) is 9.13. The molecule has 0 bridgehead atoms. The highest BCUT2D eigenvalue weighted by atomic mass is 16.7. The lowest BCUT2D eigenvalue weighted by Crippen LogP contribution is -2.57. The molecule has 1 fully saturated rings. The van der Waals surface area contributed by atoms with Crippen molar-refractivity contribution in [3.05, 3.63) is 23.8 Å². The van der Waals surface area contributed by atoms with Crippen LogP contribution in [0.15, 0.2) is 17.4 Å². The van der Waals surface area contributed by atoms with Gasteiger partial charge in [0.15, 0.2) is 12.2 Å². The molecule has 15 heteroatoms. The van der Waals surface area contributed by atoms with Crippen LogP contribution in [0.4, 0.5) is 0 Å². The Kier molecular flexibility index (Phi) is 7.24. The fourth-order valence-electron chi connectivity index (χ4n) is 2.97.